The highest BCUT2D eigenvalue weighted by molar-refractivity contribution is 7.67. The molecule has 2 aromatic rings. The molecule has 94 valence electrons. The first-order chi connectivity index (χ1) is 8.70. The molecule has 2 aromatic carbocycles. The van der Waals surface area contributed by atoms with Crippen LogP contribution in [0.1, 0.15) is 13.8 Å². The standard InChI is InChI=1S/C16H20NP/c1-14(2)18(16-12-8-5-9-13-16)17(3)15-10-6-4-7-11-15/h4-14H,1-3H3. The van der Waals surface area contributed by atoms with Crippen LogP contribution in [0.5, 0.6) is 0 Å². The van der Waals surface area contributed by atoms with Crippen LogP contribution in [0.3, 0.4) is 0 Å². The van der Waals surface area contributed by atoms with Crippen molar-refractivity contribution in [2.45, 2.75) is 19.5 Å². The SMILES string of the molecule is CC(C)P(c1ccccc1)N(C)c1ccccc1. The summed E-state index contributed by atoms with van der Waals surface area (Å²) in [6.45, 7) is 4.61. The molecule has 1 atom stereocenters. The van der Waals surface area contributed by atoms with Gasteiger partial charge in [0, 0.05) is 20.8 Å². The normalized spacial score (nSPS) is 12.4. The van der Waals surface area contributed by atoms with Gasteiger partial charge in [-0.2, -0.15) is 0 Å². The molecule has 0 aliphatic carbocycles. The lowest BCUT2D eigenvalue weighted by Gasteiger charge is -2.33. The summed E-state index contributed by atoms with van der Waals surface area (Å²) in [6, 6.07) is 21.5. The van der Waals surface area contributed by atoms with Gasteiger partial charge in [-0.3, -0.25) is 0 Å². The number of rotatable bonds is 4. The van der Waals surface area contributed by atoms with E-state index in [9.17, 15) is 0 Å². The van der Waals surface area contributed by atoms with Gasteiger partial charge in [0.25, 0.3) is 0 Å². The van der Waals surface area contributed by atoms with Crippen LogP contribution in [0.2, 0.25) is 0 Å². The van der Waals surface area contributed by atoms with Crippen LogP contribution in [0.15, 0.2) is 60.7 Å². The molecule has 0 aromatic heterocycles. The van der Waals surface area contributed by atoms with Crippen molar-refractivity contribution in [1.82, 2.24) is 0 Å². The third-order valence-corrected chi connectivity index (χ3v) is 5.65. The molecule has 0 radical (unpaired) electrons. The Bertz CT molecular complexity index is 467. The predicted molar refractivity (Wildman–Crippen MR) is 83.0 cm³/mol. The van der Waals surface area contributed by atoms with Gasteiger partial charge in [0.05, 0.1) is 0 Å². The number of anilines is 1. The Morgan fingerprint density at radius 2 is 1.33 bits per heavy atom. The molecule has 0 heterocycles. The fourth-order valence-electron chi connectivity index (χ4n) is 2.17. The van der Waals surface area contributed by atoms with E-state index in [2.05, 4.69) is 86.2 Å². The van der Waals surface area contributed by atoms with Gasteiger partial charge in [-0.25, -0.2) is 0 Å². The third-order valence-electron chi connectivity index (χ3n) is 2.96. The van der Waals surface area contributed by atoms with E-state index in [0.29, 0.717) is 5.66 Å². The quantitative estimate of drug-likeness (QED) is 0.740. The molecule has 0 fully saturated rings. The molecule has 0 saturated heterocycles. The second-order valence-electron chi connectivity index (χ2n) is 4.63. The third kappa shape index (κ3) is 2.91. The summed E-state index contributed by atoms with van der Waals surface area (Å²) >= 11 is 0. The van der Waals surface area contributed by atoms with Crippen LogP contribution in [0, 0.1) is 0 Å². The Morgan fingerprint density at radius 1 is 0.833 bits per heavy atom. The predicted octanol–water partition coefficient (Wildman–Crippen LogP) is 4.25. The molecule has 1 unspecified atom stereocenters. The number of benzene rings is 2. The highest BCUT2D eigenvalue weighted by atomic mass is 31.1. The van der Waals surface area contributed by atoms with Crippen molar-refractivity contribution in [3.8, 4) is 0 Å². The highest BCUT2D eigenvalue weighted by Crippen LogP contribution is 2.45. The van der Waals surface area contributed by atoms with Gasteiger partial charge < -0.3 is 4.67 Å². The van der Waals surface area contributed by atoms with E-state index in [1.165, 1.54) is 11.0 Å². The Hall–Kier alpha value is -1.33. The monoisotopic (exact) mass is 257 g/mol. The Balaban J connectivity index is 2.32. The van der Waals surface area contributed by atoms with E-state index in [-0.39, 0.29) is 8.07 Å². The maximum atomic E-state index is 2.43. The van der Waals surface area contributed by atoms with Crippen LogP contribution < -0.4 is 9.97 Å². The van der Waals surface area contributed by atoms with Crippen molar-refractivity contribution in [3.63, 3.8) is 0 Å². The van der Waals surface area contributed by atoms with Gasteiger partial charge in [-0.1, -0.05) is 62.4 Å². The molecule has 0 amide bonds. The topological polar surface area (TPSA) is 3.24 Å². The van der Waals surface area contributed by atoms with E-state index in [0.717, 1.165) is 0 Å². The van der Waals surface area contributed by atoms with Gasteiger partial charge in [0.15, 0.2) is 0 Å². The molecular formula is C16H20NP. The molecule has 2 rings (SSSR count). The van der Waals surface area contributed by atoms with Crippen molar-refractivity contribution in [2.24, 2.45) is 0 Å². The van der Waals surface area contributed by atoms with Crippen molar-refractivity contribution in [3.05, 3.63) is 60.7 Å². The number of hydrogen-bond acceptors (Lipinski definition) is 1. The van der Waals surface area contributed by atoms with Crippen LogP contribution in [-0.4, -0.2) is 12.7 Å². The summed E-state index contributed by atoms with van der Waals surface area (Å²) in [5.41, 5.74) is 1.92. The molecule has 18 heavy (non-hydrogen) atoms. The molecule has 0 saturated carbocycles. The van der Waals surface area contributed by atoms with E-state index < -0.39 is 0 Å². The molecule has 0 N–H and O–H groups in total. The summed E-state index contributed by atoms with van der Waals surface area (Å²) < 4.78 is 2.43. The molecule has 0 spiro atoms. The Morgan fingerprint density at radius 3 is 1.83 bits per heavy atom. The number of nitrogens with zero attached hydrogens (tertiary/aromatic N) is 1. The molecule has 1 nitrogen and oxygen atoms in total. The van der Waals surface area contributed by atoms with Crippen LogP contribution in [0.4, 0.5) is 5.69 Å². The van der Waals surface area contributed by atoms with Gasteiger partial charge in [0.1, 0.15) is 0 Å². The summed E-state index contributed by atoms with van der Waals surface area (Å²) in [5, 5.41) is 1.44. The fourth-order valence-corrected chi connectivity index (χ4v) is 4.66. The highest BCUT2D eigenvalue weighted by Gasteiger charge is 2.20. The van der Waals surface area contributed by atoms with Gasteiger partial charge >= 0.3 is 0 Å². The maximum Gasteiger partial charge on any atom is 0.0398 e. The lowest BCUT2D eigenvalue weighted by atomic mass is 10.3. The Kier molecular flexibility index (Phi) is 4.38. The molecule has 2 heteroatoms. The van der Waals surface area contributed by atoms with Crippen LogP contribution >= 0.6 is 8.07 Å². The van der Waals surface area contributed by atoms with Gasteiger partial charge in [-0.05, 0) is 23.1 Å². The largest absolute Gasteiger partial charge is 0.349 e. The summed E-state index contributed by atoms with van der Waals surface area (Å²) in [5.74, 6) is 0. The first-order valence-electron chi connectivity index (χ1n) is 6.33. The second kappa shape index (κ2) is 6.02. The van der Waals surface area contributed by atoms with Crippen LogP contribution in [0.25, 0.3) is 0 Å². The molecule has 0 aliphatic rings. The van der Waals surface area contributed by atoms with Crippen LogP contribution in [-0.2, 0) is 0 Å². The average Bonchev–Trinajstić information content (AvgIpc) is 2.40. The van der Waals surface area contributed by atoms with E-state index in [1.807, 2.05) is 0 Å². The lowest BCUT2D eigenvalue weighted by molar-refractivity contribution is 1.08. The van der Waals surface area contributed by atoms with Crippen molar-refractivity contribution in [1.29, 1.82) is 0 Å². The van der Waals surface area contributed by atoms with Crippen molar-refractivity contribution >= 4 is 19.1 Å². The zero-order chi connectivity index (χ0) is 13.0. The summed E-state index contributed by atoms with van der Waals surface area (Å²) in [7, 11) is 1.88. The van der Waals surface area contributed by atoms with E-state index in [4.69, 9.17) is 0 Å². The van der Waals surface area contributed by atoms with E-state index >= 15 is 0 Å². The molecule has 0 aliphatic heterocycles. The summed E-state index contributed by atoms with van der Waals surface area (Å²) in [4.78, 5) is 0. The zero-order valence-corrected chi connectivity index (χ0v) is 12.1. The minimum absolute atomic E-state index is 0.319. The van der Waals surface area contributed by atoms with Gasteiger partial charge in [0.2, 0.25) is 0 Å². The fraction of sp³-hybridized carbons (Fsp3) is 0.250. The van der Waals surface area contributed by atoms with Crippen molar-refractivity contribution < 1.29 is 0 Å². The number of para-hydroxylation sites is 1. The molecular weight excluding hydrogens is 237 g/mol. The second-order valence-corrected chi connectivity index (χ2v) is 7.47. The minimum atomic E-state index is -0.319. The lowest BCUT2D eigenvalue weighted by Crippen LogP contribution is -2.23. The average molecular weight is 257 g/mol. The van der Waals surface area contributed by atoms with E-state index in [1.54, 1.807) is 0 Å². The van der Waals surface area contributed by atoms with Crippen molar-refractivity contribution in [2.75, 3.05) is 11.7 Å². The first kappa shape index (κ1) is 13.1. The smallest absolute Gasteiger partial charge is 0.0398 e. The maximum absolute atomic E-state index is 2.43. The number of hydrogen-bond donors (Lipinski definition) is 0. The molecule has 0 bridgehead atoms. The summed E-state index contributed by atoms with van der Waals surface area (Å²) in [6.07, 6.45) is 0. The van der Waals surface area contributed by atoms with Gasteiger partial charge in [-0.15, -0.1) is 0 Å². The first-order valence-corrected chi connectivity index (χ1v) is 7.69. The Labute approximate surface area is 111 Å². The zero-order valence-electron chi connectivity index (χ0n) is 11.2. The minimum Gasteiger partial charge on any atom is -0.349 e.